The second-order valence-electron chi connectivity index (χ2n) is 1.78. The zero-order valence-electron chi connectivity index (χ0n) is 6.39. The molecule has 0 aliphatic rings. The van der Waals surface area contributed by atoms with Gasteiger partial charge in [0.1, 0.15) is 0 Å². The first-order chi connectivity index (χ1) is 5.66. The van der Waals surface area contributed by atoms with Gasteiger partial charge in [-0.05, 0) is 0 Å². The van der Waals surface area contributed by atoms with E-state index in [0.29, 0.717) is 6.42 Å². The maximum absolute atomic E-state index is 10.4. The van der Waals surface area contributed by atoms with Gasteiger partial charge in [0.25, 0.3) is 11.0 Å². The van der Waals surface area contributed by atoms with Crippen molar-refractivity contribution in [2.24, 2.45) is 0 Å². The Morgan fingerprint density at radius 3 is 2.58 bits per heavy atom. The van der Waals surface area contributed by atoms with Gasteiger partial charge in [-0.15, -0.1) is 0 Å². The number of hydrogen-bond acceptors (Lipinski definition) is 5. The van der Waals surface area contributed by atoms with E-state index in [0.717, 1.165) is 6.08 Å². The summed E-state index contributed by atoms with van der Waals surface area (Å²) in [6.07, 6.45) is 1.39. The monoisotopic (exact) mass is 194 g/mol. The third kappa shape index (κ3) is 7.23. The molecule has 0 aromatic heterocycles. The third-order valence-corrected chi connectivity index (χ3v) is 1.29. The van der Waals surface area contributed by atoms with Crippen molar-refractivity contribution in [2.75, 3.05) is 13.2 Å². The molecule has 0 aromatic rings. The molecule has 0 N–H and O–H groups in total. The third-order valence-electron chi connectivity index (χ3n) is 0.896. The summed E-state index contributed by atoms with van der Waals surface area (Å²) in [7, 11) is -2.80. The van der Waals surface area contributed by atoms with Crippen molar-refractivity contribution in [1.29, 1.82) is 0 Å². The lowest BCUT2D eigenvalue weighted by molar-refractivity contribution is -0.137. The molecule has 0 aliphatic carbocycles. The molecule has 0 aromatic carbocycles. The van der Waals surface area contributed by atoms with E-state index in [4.69, 9.17) is 0 Å². The number of thiol groups is 1. The molecule has 12 heavy (non-hydrogen) atoms. The van der Waals surface area contributed by atoms with Crippen LogP contribution in [0, 0.1) is 0 Å². The Labute approximate surface area is 72.1 Å². The Kier molecular flexibility index (Phi) is 6.31. The highest BCUT2D eigenvalue weighted by atomic mass is 32.2. The van der Waals surface area contributed by atoms with Crippen LogP contribution in [0.2, 0.25) is 0 Å². The zero-order chi connectivity index (χ0) is 9.40. The lowest BCUT2D eigenvalue weighted by Crippen LogP contribution is -2.04. The van der Waals surface area contributed by atoms with Crippen molar-refractivity contribution in [2.45, 2.75) is 6.42 Å². The lowest BCUT2D eigenvalue weighted by Gasteiger charge is -1.99. The summed E-state index contributed by atoms with van der Waals surface area (Å²) in [6.45, 7) is 3.35. The van der Waals surface area contributed by atoms with Crippen LogP contribution in [0.3, 0.4) is 0 Å². The van der Waals surface area contributed by atoms with E-state index in [1.807, 2.05) is 0 Å². The molecule has 0 saturated carbocycles. The van der Waals surface area contributed by atoms with Crippen LogP contribution in [0.25, 0.3) is 0 Å². The fraction of sp³-hybridized carbons (Fsp3) is 0.500. The second kappa shape index (κ2) is 6.81. The quantitative estimate of drug-likeness (QED) is 0.271. The SMILES string of the molecule is C=CC(=O)OCCCO[SH](=O)=O. The first-order valence-electron chi connectivity index (χ1n) is 3.23. The van der Waals surface area contributed by atoms with Gasteiger partial charge >= 0.3 is 5.97 Å². The summed E-state index contributed by atoms with van der Waals surface area (Å²) in [5.74, 6) is -0.526. The minimum Gasteiger partial charge on any atom is -0.462 e. The Balaban J connectivity index is 3.21. The van der Waals surface area contributed by atoms with E-state index < -0.39 is 17.0 Å². The van der Waals surface area contributed by atoms with Gasteiger partial charge in [-0.3, -0.25) is 4.18 Å². The molecular weight excluding hydrogens is 184 g/mol. The van der Waals surface area contributed by atoms with Crippen molar-refractivity contribution in [3.05, 3.63) is 12.7 Å². The van der Waals surface area contributed by atoms with Gasteiger partial charge in [0.05, 0.1) is 13.2 Å². The fourth-order valence-electron chi connectivity index (χ4n) is 0.430. The van der Waals surface area contributed by atoms with Crippen LogP contribution < -0.4 is 0 Å². The van der Waals surface area contributed by atoms with E-state index in [2.05, 4.69) is 15.5 Å². The Morgan fingerprint density at radius 2 is 2.08 bits per heavy atom. The zero-order valence-corrected chi connectivity index (χ0v) is 7.29. The summed E-state index contributed by atoms with van der Waals surface area (Å²) in [5, 5.41) is 0. The molecule has 0 aliphatic heterocycles. The van der Waals surface area contributed by atoms with Crippen molar-refractivity contribution >= 4 is 17.0 Å². The molecule has 5 nitrogen and oxygen atoms in total. The molecule has 0 spiro atoms. The predicted molar refractivity (Wildman–Crippen MR) is 42.0 cm³/mol. The average Bonchev–Trinajstić information content (AvgIpc) is 2.03. The van der Waals surface area contributed by atoms with Crippen LogP contribution in [0.5, 0.6) is 0 Å². The second-order valence-corrected chi connectivity index (χ2v) is 2.49. The van der Waals surface area contributed by atoms with Gasteiger partial charge in [-0.2, -0.15) is 0 Å². The van der Waals surface area contributed by atoms with Gasteiger partial charge in [-0.25, -0.2) is 13.2 Å². The number of hydrogen-bond donors (Lipinski definition) is 1. The van der Waals surface area contributed by atoms with E-state index in [9.17, 15) is 13.2 Å². The largest absolute Gasteiger partial charge is 0.462 e. The maximum atomic E-state index is 10.4. The topological polar surface area (TPSA) is 69.7 Å². The molecule has 0 radical (unpaired) electrons. The predicted octanol–water partition coefficient (Wildman–Crippen LogP) is -0.351. The van der Waals surface area contributed by atoms with Crippen LogP contribution in [-0.2, 0) is 24.7 Å². The number of ether oxygens (including phenoxy) is 1. The molecule has 0 heterocycles. The van der Waals surface area contributed by atoms with Crippen LogP contribution in [-0.4, -0.2) is 27.6 Å². The van der Waals surface area contributed by atoms with E-state index in [1.165, 1.54) is 0 Å². The minimum absolute atomic E-state index is 0.0309. The van der Waals surface area contributed by atoms with Crippen LogP contribution in [0.4, 0.5) is 0 Å². The highest BCUT2D eigenvalue weighted by Crippen LogP contribution is 1.86. The molecule has 0 amide bonds. The molecule has 0 atom stereocenters. The van der Waals surface area contributed by atoms with Gasteiger partial charge in [0.2, 0.25) is 0 Å². The average molecular weight is 194 g/mol. The van der Waals surface area contributed by atoms with E-state index >= 15 is 0 Å². The highest BCUT2D eigenvalue weighted by Gasteiger charge is 1.94. The lowest BCUT2D eigenvalue weighted by atomic mass is 10.5. The smallest absolute Gasteiger partial charge is 0.330 e. The minimum atomic E-state index is -2.80. The molecular formula is C6H10O5S. The van der Waals surface area contributed by atoms with Crippen molar-refractivity contribution in [3.63, 3.8) is 0 Å². The molecule has 0 fully saturated rings. The molecule has 6 heteroatoms. The Morgan fingerprint density at radius 1 is 1.42 bits per heavy atom. The Hall–Kier alpha value is -0.880. The van der Waals surface area contributed by atoms with Crippen molar-refractivity contribution < 1.29 is 22.1 Å². The first kappa shape index (κ1) is 11.1. The maximum Gasteiger partial charge on any atom is 0.330 e. The van der Waals surface area contributed by atoms with Gasteiger partial charge < -0.3 is 4.74 Å². The summed E-state index contributed by atoms with van der Waals surface area (Å²) in [5.41, 5.74) is 0. The number of esters is 1. The van der Waals surface area contributed by atoms with Crippen LogP contribution >= 0.6 is 0 Å². The number of carbonyl (C=O) groups is 1. The summed E-state index contributed by atoms with van der Waals surface area (Å²) >= 11 is 0. The standard InChI is InChI=1S/C6H10O5S/c1-2-6(7)10-4-3-5-11-12(8)9/h2,12H,1,3-5H2. The molecule has 0 bridgehead atoms. The number of rotatable bonds is 6. The normalized spacial score (nSPS) is 9.75. The van der Waals surface area contributed by atoms with E-state index in [1.54, 1.807) is 0 Å². The molecule has 0 saturated heterocycles. The Bertz CT molecular complexity index is 212. The summed E-state index contributed by atoms with van der Waals surface area (Å²) < 4.78 is 28.4. The van der Waals surface area contributed by atoms with Crippen LogP contribution in [0.15, 0.2) is 12.7 Å². The van der Waals surface area contributed by atoms with Gasteiger partial charge in [0.15, 0.2) is 0 Å². The highest BCUT2D eigenvalue weighted by molar-refractivity contribution is 7.67. The van der Waals surface area contributed by atoms with Crippen molar-refractivity contribution in [3.8, 4) is 0 Å². The fourth-order valence-corrected chi connectivity index (χ4v) is 0.708. The first-order valence-corrected chi connectivity index (χ1v) is 4.33. The molecule has 0 unspecified atom stereocenters. The van der Waals surface area contributed by atoms with E-state index in [-0.39, 0.29) is 13.2 Å². The van der Waals surface area contributed by atoms with Crippen molar-refractivity contribution in [1.82, 2.24) is 0 Å². The molecule has 70 valence electrons. The van der Waals surface area contributed by atoms with Gasteiger partial charge in [-0.1, -0.05) is 6.58 Å². The van der Waals surface area contributed by atoms with Gasteiger partial charge in [0, 0.05) is 12.5 Å². The van der Waals surface area contributed by atoms with Crippen LogP contribution in [0.1, 0.15) is 6.42 Å². The molecule has 0 rings (SSSR count). The number of carbonyl (C=O) groups excluding carboxylic acids is 1. The summed E-state index contributed by atoms with van der Waals surface area (Å²) in [4.78, 5) is 10.4. The summed E-state index contributed by atoms with van der Waals surface area (Å²) in [6, 6.07) is 0.